The van der Waals surface area contributed by atoms with E-state index in [1.807, 2.05) is 0 Å². The number of carboxylic acid groups (broad SMARTS) is 2. The first-order valence-electron chi connectivity index (χ1n) is 5.54. The highest BCUT2D eigenvalue weighted by Crippen LogP contribution is 2.41. The molecule has 0 aromatic carbocycles. The Morgan fingerprint density at radius 2 is 1.86 bits per heavy atom. The van der Waals surface area contributed by atoms with Gasteiger partial charge >= 0.3 is 19.8 Å². The van der Waals surface area contributed by atoms with Gasteiger partial charge in [-0.2, -0.15) is 0 Å². The predicted molar refractivity (Wildman–Crippen MR) is 65.2 cm³/mol. The van der Waals surface area contributed by atoms with Crippen LogP contribution in [0.5, 0.6) is 0 Å². The van der Waals surface area contributed by atoms with Gasteiger partial charge < -0.3 is 29.8 Å². The van der Waals surface area contributed by atoms with Crippen molar-refractivity contribution in [3.63, 3.8) is 0 Å². The van der Waals surface area contributed by atoms with Crippen molar-refractivity contribution in [2.75, 3.05) is 0 Å². The number of ether oxygens (including phenoxy) is 1. The summed E-state index contributed by atoms with van der Waals surface area (Å²) in [4.78, 5) is 38.9. The second kappa shape index (κ2) is 6.55. The molecule has 22 heavy (non-hydrogen) atoms. The third-order valence-electron chi connectivity index (χ3n) is 2.63. The molecular weight excluding hydrogens is 330 g/mol. The monoisotopic (exact) mass is 342 g/mol. The standard InChI is InChI=1S/C10H12FO10P/c1-3(9(13)14)20-8-6(11)4(10(15)16)2-5(7(8)12)21-22(17,18)19/h2,5-8,12H,1H2,(H,13,14)(H,15,16)(H2,17,18,19). The second-order valence-corrected chi connectivity index (χ2v) is 5.38. The third-order valence-corrected chi connectivity index (χ3v) is 3.14. The van der Waals surface area contributed by atoms with Crippen molar-refractivity contribution in [1.82, 2.24) is 0 Å². The van der Waals surface area contributed by atoms with E-state index < -0.39 is 55.6 Å². The van der Waals surface area contributed by atoms with Crippen LogP contribution in [-0.2, 0) is 23.4 Å². The van der Waals surface area contributed by atoms with Gasteiger partial charge in [-0.05, 0) is 12.7 Å². The maximum atomic E-state index is 14.0. The summed E-state index contributed by atoms with van der Waals surface area (Å²) in [5.74, 6) is -4.49. The highest BCUT2D eigenvalue weighted by Gasteiger charge is 2.46. The zero-order valence-corrected chi connectivity index (χ0v) is 11.6. The van der Waals surface area contributed by atoms with E-state index in [2.05, 4.69) is 15.8 Å². The van der Waals surface area contributed by atoms with Crippen molar-refractivity contribution < 1.29 is 52.9 Å². The Hall–Kier alpha value is -1.78. The molecule has 0 saturated heterocycles. The van der Waals surface area contributed by atoms with E-state index in [4.69, 9.17) is 20.0 Å². The van der Waals surface area contributed by atoms with E-state index in [1.165, 1.54) is 0 Å². The Kier molecular flexibility index (Phi) is 5.44. The Morgan fingerprint density at radius 1 is 1.32 bits per heavy atom. The minimum absolute atomic E-state index is 0.472. The molecule has 0 bridgehead atoms. The van der Waals surface area contributed by atoms with Gasteiger partial charge in [0.25, 0.3) is 0 Å². The van der Waals surface area contributed by atoms with Crippen LogP contribution in [0, 0.1) is 0 Å². The quantitative estimate of drug-likeness (QED) is 0.233. The van der Waals surface area contributed by atoms with Crippen LogP contribution in [0.2, 0.25) is 0 Å². The lowest BCUT2D eigenvalue weighted by molar-refractivity contribution is -0.144. The number of phosphoric ester groups is 1. The van der Waals surface area contributed by atoms with Crippen molar-refractivity contribution >= 4 is 19.8 Å². The van der Waals surface area contributed by atoms with Crippen molar-refractivity contribution in [3.05, 3.63) is 24.0 Å². The number of carbonyl (C=O) groups is 2. The average molecular weight is 342 g/mol. The van der Waals surface area contributed by atoms with Gasteiger partial charge in [0.1, 0.15) is 12.2 Å². The first-order valence-corrected chi connectivity index (χ1v) is 7.07. The van der Waals surface area contributed by atoms with Gasteiger partial charge in [-0.3, -0.25) is 4.52 Å². The van der Waals surface area contributed by atoms with E-state index in [0.29, 0.717) is 6.08 Å². The van der Waals surface area contributed by atoms with Gasteiger partial charge in [0.15, 0.2) is 18.0 Å². The maximum Gasteiger partial charge on any atom is 0.470 e. The summed E-state index contributed by atoms with van der Waals surface area (Å²) in [6.45, 7) is 2.93. The fourth-order valence-electron chi connectivity index (χ4n) is 1.69. The molecule has 124 valence electrons. The number of phosphoric acid groups is 1. The number of aliphatic hydroxyl groups excluding tert-OH is 1. The molecule has 0 aromatic heterocycles. The summed E-state index contributed by atoms with van der Waals surface area (Å²) in [7, 11) is -5.14. The van der Waals surface area contributed by atoms with Crippen LogP contribution in [0.1, 0.15) is 0 Å². The summed E-state index contributed by atoms with van der Waals surface area (Å²) in [6, 6.07) is 0. The van der Waals surface area contributed by atoms with Gasteiger partial charge in [-0.15, -0.1) is 0 Å². The molecule has 0 spiro atoms. The van der Waals surface area contributed by atoms with Gasteiger partial charge in [0.2, 0.25) is 0 Å². The molecule has 0 radical (unpaired) electrons. The summed E-state index contributed by atoms with van der Waals surface area (Å²) in [5.41, 5.74) is -1.01. The lowest BCUT2D eigenvalue weighted by Crippen LogP contribution is -2.50. The molecule has 12 heteroatoms. The lowest BCUT2D eigenvalue weighted by atomic mass is 9.90. The third kappa shape index (κ3) is 4.36. The van der Waals surface area contributed by atoms with Crippen molar-refractivity contribution in [2.45, 2.75) is 24.5 Å². The summed E-state index contributed by atoms with van der Waals surface area (Å²) < 4.78 is 33.5. The zero-order valence-electron chi connectivity index (χ0n) is 10.7. The largest absolute Gasteiger partial charge is 0.478 e. The van der Waals surface area contributed by atoms with E-state index >= 15 is 0 Å². The van der Waals surface area contributed by atoms with Gasteiger partial charge in [-0.25, -0.2) is 18.5 Å². The normalized spacial score (nSPS) is 28.6. The molecule has 1 aliphatic rings. The van der Waals surface area contributed by atoms with E-state index in [9.17, 15) is 23.7 Å². The Morgan fingerprint density at radius 3 is 2.27 bits per heavy atom. The maximum absolute atomic E-state index is 14.0. The summed E-state index contributed by atoms with van der Waals surface area (Å²) >= 11 is 0. The number of alkyl halides is 1. The fourth-order valence-corrected chi connectivity index (χ4v) is 2.19. The Bertz CT molecular complexity index is 566. The number of aliphatic hydroxyl groups is 1. The molecule has 4 unspecified atom stereocenters. The first-order chi connectivity index (χ1) is 9.94. The van der Waals surface area contributed by atoms with Crippen LogP contribution < -0.4 is 0 Å². The molecule has 0 heterocycles. The smallest absolute Gasteiger partial charge is 0.470 e. The Labute approximate surface area is 122 Å². The molecular formula is C10H12FO10P. The Balaban J connectivity index is 3.15. The fraction of sp³-hybridized carbons (Fsp3) is 0.400. The van der Waals surface area contributed by atoms with Crippen LogP contribution in [0.25, 0.3) is 0 Å². The van der Waals surface area contributed by atoms with Crippen molar-refractivity contribution in [1.29, 1.82) is 0 Å². The number of halogens is 1. The SMILES string of the molecule is C=C(OC1C(F)C(C(=O)O)=CC(OP(=O)(O)O)C1O)C(=O)O. The van der Waals surface area contributed by atoms with E-state index in [0.717, 1.165) is 0 Å². The first kappa shape index (κ1) is 18.3. The molecule has 4 atom stereocenters. The van der Waals surface area contributed by atoms with Crippen molar-refractivity contribution in [2.24, 2.45) is 0 Å². The van der Waals surface area contributed by atoms with Gasteiger partial charge in [0, 0.05) is 0 Å². The van der Waals surface area contributed by atoms with Gasteiger partial charge in [-0.1, -0.05) is 0 Å². The molecule has 0 aliphatic heterocycles. The molecule has 0 saturated carbocycles. The minimum atomic E-state index is -5.14. The number of hydrogen-bond donors (Lipinski definition) is 5. The molecule has 0 aromatic rings. The van der Waals surface area contributed by atoms with Crippen molar-refractivity contribution in [3.8, 4) is 0 Å². The molecule has 0 fully saturated rings. The van der Waals surface area contributed by atoms with Crippen LogP contribution in [0.15, 0.2) is 24.0 Å². The zero-order chi connectivity index (χ0) is 17.2. The molecule has 10 nitrogen and oxygen atoms in total. The predicted octanol–water partition coefficient (Wildman–Crippen LogP) is -0.829. The second-order valence-electron chi connectivity index (χ2n) is 4.19. The molecule has 1 rings (SSSR count). The molecule has 0 amide bonds. The van der Waals surface area contributed by atoms with Crippen LogP contribution in [-0.4, -0.2) is 61.5 Å². The number of aliphatic carboxylic acids is 2. The topological polar surface area (TPSA) is 171 Å². The number of hydrogen-bond acceptors (Lipinski definition) is 6. The average Bonchev–Trinajstić information content (AvgIpc) is 2.35. The highest BCUT2D eigenvalue weighted by atomic mass is 31.2. The molecule has 1 aliphatic carbocycles. The lowest BCUT2D eigenvalue weighted by Gasteiger charge is -2.34. The van der Waals surface area contributed by atoms with Crippen LogP contribution in [0.4, 0.5) is 4.39 Å². The number of carboxylic acids is 2. The van der Waals surface area contributed by atoms with Gasteiger partial charge in [0.05, 0.1) is 5.57 Å². The minimum Gasteiger partial charge on any atom is -0.478 e. The highest BCUT2D eigenvalue weighted by molar-refractivity contribution is 7.46. The van der Waals surface area contributed by atoms with Crippen LogP contribution in [0.3, 0.4) is 0 Å². The van der Waals surface area contributed by atoms with E-state index in [-0.39, 0.29) is 0 Å². The van der Waals surface area contributed by atoms with Crippen LogP contribution >= 0.6 is 7.82 Å². The van der Waals surface area contributed by atoms with E-state index in [1.54, 1.807) is 0 Å². The summed E-state index contributed by atoms with van der Waals surface area (Å²) in [6.07, 6.45) is -8.09. The molecule has 5 N–H and O–H groups in total. The number of rotatable bonds is 6. The summed E-state index contributed by atoms with van der Waals surface area (Å²) in [5, 5.41) is 27.2.